The number of rotatable bonds is 12. The maximum Gasteiger partial charge on any atom is 0.264 e. The SMILES string of the molecule is CC(C(=O)NC1CCCC1)N(Cc1ccccc1)C(=O)CN(c1ccc(Oc2ccccc2)cc1)S(=O)(=O)c1ccccc1. The smallest absolute Gasteiger partial charge is 0.264 e. The lowest BCUT2D eigenvalue weighted by molar-refractivity contribution is -0.139. The first kappa shape index (κ1) is 30.8. The second-order valence-corrected chi connectivity index (χ2v) is 12.8. The van der Waals surface area contributed by atoms with Gasteiger partial charge in [-0.2, -0.15) is 0 Å². The predicted molar refractivity (Wildman–Crippen MR) is 171 cm³/mol. The van der Waals surface area contributed by atoms with E-state index in [4.69, 9.17) is 4.74 Å². The Morgan fingerprint density at radius 2 is 1.34 bits per heavy atom. The highest BCUT2D eigenvalue weighted by atomic mass is 32.2. The van der Waals surface area contributed by atoms with Crippen LogP contribution in [0.4, 0.5) is 5.69 Å². The Balaban J connectivity index is 1.45. The Morgan fingerprint density at radius 3 is 1.95 bits per heavy atom. The van der Waals surface area contributed by atoms with Crippen LogP contribution < -0.4 is 14.4 Å². The summed E-state index contributed by atoms with van der Waals surface area (Å²) in [6.45, 7) is 1.35. The summed E-state index contributed by atoms with van der Waals surface area (Å²) < 4.78 is 35.0. The Bertz CT molecular complexity index is 1630. The third kappa shape index (κ3) is 7.65. The van der Waals surface area contributed by atoms with Crippen molar-refractivity contribution in [2.75, 3.05) is 10.8 Å². The van der Waals surface area contributed by atoms with Crippen molar-refractivity contribution < 1.29 is 22.7 Å². The number of carbonyl (C=O) groups excluding carboxylic acids is 2. The Kier molecular flexibility index (Phi) is 9.96. The fraction of sp³-hybridized carbons (Fsp3) is 0.257. The number of amides is 2. The van der Waals surface area contributed by atoms with Crippen molar-refractivity contribution in [2.24, 2.45) is 0 Å². The number of benzene rings is 4. The van der Waals surface area contributed by atoms with Crippen molar-refractivity contribution in [2.45, 2.75) is 56.1 Å². The monoisotopic (exact) mass is 611 g/mol. The molecule has 4 aromatic rings. The number of ether oxygens (including phenoxy) is 1. The highest BCUT2D eigenvalue weighted by molar-refractivity contribution is 7.92. The van der Waals surface area contributed by atoms with Crippen LogP contribution in [0.5, 0.6) is 11.5 Å². The average molecular weight is 612 g/mol. The molecule has 44 heavy (non-hydrogen) atoms. The van der Waals surface area contributed by atoms with Crippen molar-refractivity contribution in [3.8, 4) is 11.5 Å². The molecule has 0 aromatic heterocycles. The summed E-state index contributed by atoms with van der Waals surface area (Å²) in [4.78, 5) is 29.0. The number of sulfonamides is 1. The van der Waals surface area contributed by atoms with Gasteiger partial charge < -0.3 is 15.0 Å². The van der Waals surface area contributed by atoms with Crippen molar-refractivity contribution in [1.82, 2.24) is 10.2 Å². The standard InChI is InChI=1S/C35H37N3O5S/c1-27(35(40)36-29-15-11-12-16-29)37(25-28-13-5-2-6-14-28)34(39)26-38(44(41,42)33-19-9-4-10-20-33)30-21-23-32(24-22-30)43-31-17-7-3-8-18-31/h2-10,13-14,17-24,27,29H,11-12,15-16,25-26H2,1H3,(H,36,40). The van der Waals surface area contributed by atoms with Gasteiger partial charge >= 0.3 is 0 Å². The Hall–Kier alpha value is -4.63. The molecule has 8 nitrogen and oxygen atoms in total. The zero-order valence-corrected chi connectivity index (χ0v) is 25.5. The normalized spacial score (nSPS) is 14.0. The number of para-hydroxylation sites is 1. The molecule has 0 radical (unpaired) electrons. The third-order valence-corrected chi connectivity index (χ3v) is 9.57. The summed E-state index contributed by atoms with van der Waals surface area (Å²) >= 11 is 0. The maximum atomic E-state index is 14.1. The van der Waals surface area contributed by atoms with E-state index in [9.17, 15) is 18.0 Å². The van der Waals surface area contributed by atoms with E-state index in [1.54, 1.807) is 49.4 Å². The molecular formula is C35H37N3O5S. The van der Waals surface area contributed by atoms with Crippen LogP contribution in [0.3, 0.4) is 0 Å². The van der Waals surface area contributed by atoms with Gasteiger partial charge in [0.25, 0.3) is 10.0 Å². The van der Waals surface area contributed by atoms with Gasteiger partial charge in [-0.1, -0.05) is 79.6 Å². The third-order valence-electron chi connectivity index (χ3n) is 7.78. The summed E-state index contributed by atoms with van der Waals surface area (Å²) in [7, 11) is -4.15. The van der Waals surface area contributed by atoms with Crippen molar-refractivity contribution in [3.05, 3.63) is 121 Å². The van der Waals surface area contributed by atoms with Crippen LogP contribution in [0.15, 0.2) is 120 Å². The van der Waals surface area contributed by atoms with Gasteiger partial charge in [-0.3, -0.25) is 13.9 Å². The molecule has 1 fully saturated rings. The van der Waals surface area contributed by atoms with Crippen molar-refractivity contribution in [1.29, 1.82) is 0 Å². The molecule has 5 rings (SSSR count). The molecule has 0 bridgehead atoms. The van der Waals surface area contributed by atoms with E-state index in [1.165, 1.54) is 17.0 Å². The van der Waals surface area contributed by atoms with Gasteiger partial charge in [-0.05, 0) is 73.9 Å². The zero-order chi connectivity index (χ0) is 30.9. The molecule has 1 unspecified atom stereocenters. The summed E-state index contributed by atoms with van der Waals surface area (Å²) in [6.07, 6.45) is 3.96. The summed E-state index contributed by atoms with van der Waals surface area (Å²) in [5.41, 5.74) is 1.13. The van der Waals surface area contributed by atoms with Crippen LogP contribution in [0.1, 0.15) is 38.2 Å². The van der Waals surface area contributed by atoms with E-state index in [0.717, 1.165) is 35.6 Å². The number of hydrogen-bond acceptors (Lipinski definition) is 5. The first-order valence-corrected chi connectivity index (χ1v) is 16.3. The molecule has 0 heterocycles. The van der Waals surface area contributed by atoms with Gasteiger partial charge in [0.2, 0.25) is 11.8 Å². The van der Waals surface area contributed by atoms with Gasteiger partial charge in [0.1, 0.15) is 24.1 Å². The molecule has 0 spiro atoms. The van der Waals surface area contributed by atoms with Crippen LogP contribution in [0.2, 0.25) is 0 Å². The van der Waals surface area contributed by atoms with Gasteiger partial charge in [-0.15, -0.1) is 0 Å². The highest BCUT2D eigenvalue weighted by Gasteiger charge is 2.33. The minimum atomic E-state index is -4.15. The molecule has 228 valence electrons. The van der Waals surface area contributed by atoms with E-state index in [2.05, 4.69) is 5.32 Å². The predicted octanol–water partition coefficient (Wildman–Crippen LogP) is 6.15. The lowest BCUT2D eigenvalue weighted by Crippen LogP contribution is -2.52. The van der Waals surface area contributed by atoms with Crippen molar-refractivity contribution >= 4 is 27.5 Å². The molecule has 1 N–H and O–H groups in total. The minimum Gasteiger partial charge on any atom is -0.457 e. The molecule has 1 saturated carbocycles. The fourth-order valence-corrected chi connectivity index (χ4v) is 6.74. The lowest BCUT2D eigenvalue weighted by atomic mass is 10.1. The van der Waals surface area contributed by atoms with Gasteiger partial charge in [0, 0.05) is 12.6 Å². The number of carbonyl (C=O) groups is 2. The van der Waals surface area contributed by atoms with Crippen LogP contribution in [-0.2, 0) is 26.2 Å². The molecular weight excluding hydrogens is 574 g/mol. The topological polar surface area (TPSA) is 96.0 Å². The number of hydrogen-bond donors (Lipinski definition) is 1. The molecule has 9 heteroatoms. The average Bonchev–Trinajstić information content (AvgIpc) is 3.57. The summed E-state index contributed by atoms with van der Waals surface area (Å²) in [6, 6.07) is 32.5. The molecule has 1 aliphatic rings. The second-order valence-electron chi connectivity index (χ2n) is 10.9. The van der Waals surface area contributed by atoms with Crippen LogP contribution >= 0.6 is 0 Å². The van der Waals surface area contributed by atoms with Crippen LogP contribution in [-0.4, -0.2) is 43.8 Å². The van der Waals surface area contributed by atoms with E-state index in [-0.39, 0.29) is 23.4 Å². The van der Waals surface area contributed by atoms with Gasteiger partial charge in [-0.25, -0.2) is 8.42 Å². The lowest BCUT2D eigenvalue weighted by Gasteiger charge is -2.32. The zero-order valence-electron chi connectivity index (χ0n) is 24.7. The largest absolute Gasteiger partial charge is 0.457 e. The van der Waals surface area contributed by atoms with E-state index >= 15 is 0 Å². The molecule has 0 saturated heterocycles. The summed E-state index contributed by atoms with van der Waals surface area (Å²) in [5, 5.41) is 3.09. The first-order valence-electron chi connectivity index (χ1n) is 14.9. The molecule has 1 atom stereocenters. The molecule has 0 aliphatic heterocycles. The quantitative estimate of drug-likeness (QED) is 0.207. The Morgan fingerprint density at radius 1 is 0.795 bits per heavy atom. The van der Waals surface area contributed by atoms with Crippen LogP contribution in [0.25, 0.3) is 0 Å². The fourth-order valence-electron chi connectivity index (χ4n) is 5.31. The first-order chi connectivity index (χ1) is 21.3. The van der Waals surface area contributed by atoms with Gasteiger partial charge in [0.05, 0.1) is 10.6 Å². The molecule has 2 amide bonds. The van der Waals surface area contributed by atoms with Crippen LogP contribution in [0, 0.1) is 0 Å². The highest BCUT2D eigenvalue weighted by Crippen LogP contribution is 2.28. The van der Waals surface area contributed by atoms with E-state index in [1.807, 2.05) is 60.7 Å². The number of nitrogens with one attached hydrogen (secondary N) is 1. The minimum absolute atomic E-state index is 0.0547. The maximum absolute atomic E-state index is 14.1. The summed E-state index contributed by atoms with van der Waals surface area (Å²) in [5.74, 6) is 0.421. The van der Waals surface area contributed by atoms with E-state index < -0.39 is 28.5 Å². The molecule has 1 aliphatic carbocycles. The number of nitrogens with zero attached hydrogens (tertiary/aromatic N) is 2. The Labute approximate surface area is 259 Å². The van der Waals surface area contributed by atoms with E-state index in [0.29, 0.717) is 17.2 Å². The van der Waals surface area contributed by atoms with Crippen molar-refractivity contribution in [3.63, 3.8) is 0 Å². The number of anilines is 1. The molecule has 4 aromatic carbocycles. The second kappa shape index (κ2) is 14.2. The van der Waals surface area contributed by atoms with Gasteiger partial charge in [0.15, 0.2) is 0 Å².